The molecule has 1 fully saturated rings. The molecule has 1 N–H and O–H groups in total. The molecule has 1 heterocycles. The Bertz CT molecular complexity index is 707. The van der Waals surface area contributed by atoms with Crippen molar-refractivity contribution in [2.24, 2.45) is 10.8 Å². The van der Waals surface area contributed by atoms with Crippen LogP contribution in [0, 0.1) is 10.8 Å². The molecule has 2 atom stereocenters. The van der Waals surface area contributed by atoms with Crippen LogP contribution in [0.1, 0.15) is 66.4 Å². The van der Waals surface area contributed by atoms with E-state index in [1.165, 1.54) is 0 Å². The molecule has 0 spiro atoms. The van der Waals surface area contributed by atoms with Gasteiger partial charge in [-0.2, -0.15) is 4.31 Å². The van der Waals surface area contributed by atoms with Crippen LogP contribution in [0.15, 0.2) is 29.2 Å². The SMILES string of the molecule is CCC1(C)CN(S(=O)(=O)c2ccc(C(C)(O)CC)cc2)CC(C)(C)C1. The van der Waals surface area contributed by atoms with Crippen LogP contribution < -0.4 is 0 Å². The monoisotopic (exact) mass is 367 g/mol. The maximum absolute atomic E-state index is 13.2. The molecule has 2 rings (SSSR count). The van der Waals surface area contributed by atoms with E-state index in [1.54, 1.807) is 35.5 Å². The lowest BCUT2D eigenvalue weighted by atomic mass is 9.69. The Balaban J connectivity index is 2.35. The van der Waals surface area contributed by atoms with Crippen molar-refractivity contribution in [2.75, 3.05) is 13.1 Å². The number of rotatable bonds is 5. The summed E-state index contributed by atoms with van der Waals surface area (Å²) < 4.78 is 28.0. The van der Waals surface area contributed by atoms with E-state index < -0.39 is 15.6 Å². The van der Waals surface area contributed by atoms with Gasteiger partial charge in [-0.15, -0.1) is 0 Å². The third-order valence-corrected chi connectivity index (χ3v) is 7.53. The zero-order chi connectivity index (χ0) is 19.1. The highest BCUT2D eigenvalue weighted by molar-refractivity contribution is 7.89. The summed E-state index contributed by atoms with van der Waals surface area (Å²) in [4.78, 5) is 0.305. The van der Waals surface area contributed by atoms with Gasteiger partial charge in [0.25, 0.3) is 0 Å². The molecule has 1 saturated heterocycles. The summed E-state index contributed by atoms with van der Waals surface area (Å²) in [6, 6.07) is 6.70. The van der Waals surface area contributed by atoms with E-state index in [1.807, 2.05) is 6.92 Å². The first-order valence-electron chi connectivity index (χ1n) is 9.18. The number of hydrogen-bond donors (Lipinski definition) is 1. The van der Waals surface area contributed by atoms with Gasteiger partial charge in [0.1, 0.15) is 0 Å². The van der Waals surface area contributed by atoms with E-state index in [2.05, 4.69) is 27.7 Å². The molecule has 0 bridgehead atoms. The minimum atomic E-state index is -3.53. The molecule has 5 heteroatoms. The zero-order valence-electron chi connectivity index (χ0n) is 16.5. The molecule has 25 heavy (non-hydrogen) atoms. The van der Waals surface area contributed by atoms with Crippen LogP contribution in [0.25, 0.3) is 0 Å². The lowest BCUT2D eigenvalue weighted by Gasteiger charge is -2.47. The highest BCUT2D eigenvalue weighted by atomic mass is 32.2. The van der Waals surface area contributed by atoms with Crippen molar-refractivity contribution in [3.63, 3.8) is 0 Å². The second kappa shape index (κ2) is 6.67. The van der Waals surface area contributed by atoms with Gasteiger partial charge in [0.2, 0.25) is 10.0 Å². The number of hydrogen-bond acceptors (Lipinski definition) is 3. The summed E-state index contributed by atoms with van der Waals surface area (Å²) in [5.41, 5.74) is -0.232. The van der Waals surface area contributed by atoms with Crippen molar-refractivity contribution in [1.82, 2.24) is 4.31 Å². The summed E-state index contributed by atoms with van der Waals surface area (Å²) in [5, 5.41) is 10.3. The summed E-state index contributed by atoms with van der Waals surface area (Å²) in [6.07, 6.45) is 2.57. The standard InChI is InChI=1S/C20H33NO3S/c1-7-19(5)13-18(3,4)14-21(15-19)25(23,24)17-11-9-16(10-12-17)20(6,22)8-2/h9-12,22H,7-8,13-15H2,1-6H3. The van der Waals surface area contributed by atoms with Gasteiger partial charge in [0.05, 0.1) is 10.5 Å². The molecule has 1 aliphatic rings. The minimum Gasteiger partial charge on any atom is -0.385 e. The molecule has 0 amide bonds. The normalized spacial score (nSPS) is 27.0. The van der Waals surface area contributed by atoms with Crippen molar-refractivity contribution < 1.29 is 13.5 Å². The molecule has 2 unspecified atom stereocenters. The van der Waals surface area contributed by atoms with E-state index in [-0.39, 0.29) is 10.8 Å². The first kappa shape index (κ1) is 20.4. The van der Waals surface area contributed by atoms with Gasteiger partial charge in [-0.25, -0.2) is 8.42 Å². The van der Waals surface area contributed by atoms with Crippen LogP contribution in [-0.4, -0.2) is 30.9 Å². The summed E-state index contributed by atoms with van der Waals surface area (Å²) in [7, 11) is -3.53. The molecule has 4 nitrogen and oxygen atoms in total. The van der Waals surface area contributed by atoms with Gasteiger partial charge in [-0.3, -0.25) is 0 Å². The van der Waals surface area contributed by atoms with E-state index in [0.717, 1.165) is 18.4 Å². The Morgan fingerprint density at radius 1 is 1.12 bits per heavy atom. The van der Waals surface area contributed by atoms with E-state index in [4.69, 9.17) is 0 Å². The van der Waals surface area contributed by atoms with Crippen LogP contribution in [0.4, 0.5) is 0 Å². The lowest BCUT2D eigenvalue weighted by Crippen LogP contribution is -2.51. The first-order chi connectivity index (χ1) is 11.4. The van der Waals surface area contributed by atoms with Crippen molar-refractivity contribution >= 4 is 10.0 Å². The van der Waals surface area contributed by atoms with Crippen LogP contribution in [0.2, 0.25) is 0 Å². The minimum absolute atomic E-state index is 0.000637. The molecule has 1 aliphatic heterocycles. The second-order valence-electron chi connectivity index (χ2n) is 8.93. The molecular formula is C20H33NO3S. The van der Waals surface area contributed by atoms with Crippen molar-refractivity contribution in [2.45, 2.75) is 71.3 Å². The van der Waals surface area contributed by atoms with E-state index in [9.17, 15) is 13.5 Å². The molecule has 0 radical (unpaired) electrons. The summed E-state index contributed by atoms with van der Waals surface area (Å²) >= 11 is 0. The third-order valence-electron chi connectivity index (χ3n) is 5.72. The molecule has 142 valence electrons. The third kappa shape index (κ3) is 4.26. The quantitative estimate of drug-likeness (QED) is 0.851. The van der Waals surface area contributed by atoms with E-state index >= 15 is 0 Å². The zero-order valence-corrected chi connectivity index (χ0v) is 17.3. The van der Waals surface area contributed by atoms with Gasteiger partial charge in [-0.1, -0.05) is 46.8 Å². The molecule has 0 aliphatic carbocycles. The fraction of sp³-hybridized carbons (Fsp3) is 0.700. The maximum Gasteiger partial charge on any atom is 0.243 e. The highest BCUT2D eigenvalue weighted by Gasteiger charge is 2.43. The van der Waals surface area contributed by atoms with Crippen LogP contribution >= 0.6 is 0 Å². The van der Waals surface area contributed by atoms with Crippen LogP contribution in [-0.2, 0) is 15.6 Å². The number of sulfonamides is 1. The highest BCUT2D eigenvalue weighted by Crippen LogP contribution is 2.43. The molecule has 1 aromatic rings. The largest absolute Gasteiger partial charge is 0.385 e. The lowest BCUT2D eigenvalue weighted by molar-refractivity contribution is 0.0530. The Kier molecular flexibility index (Phi) is 5.45. The molecule has 0 saturated carbocycles. The fourth-order valence-electron chi connectivity index (χ4n) is 3.97. The predicted molar refractivity (Wildman–Crippen MR) is 102 cm³/mol. The van der Waals surface area contributed by atoms with Gasteiger partial charge >= 0.3 is 0 Å². The van der Waals surface area contributed by atoms with Crippen molar-refractivity contribution in [3.05, 3.63) is 29.8 Å². The molecule has 1 aromatic carbocycles. The topological polar surface area (TPSA) is 57.6 Å². The van der Waals surface area contributed by atoms with Crippen LogP contribution in [0.3, 0.4) is 0 Å². The Labute approximate surface area is 153 Å². The average Bonchev–Trinajstić information content (AvgIpc) is 2.53. The first-order valence-corrected chi connectivity index (χ1v) is 10.6. The Morgan fingerprint density at radius 2 is 1.68 bits per heavy atom. The number of aliphatic hydroxyl groups is 1. The fourth-order valence-corrected chi connectivity index (χ4v) is 5.75. The smallest absolute Gasteiger partial charge is 0.243 e. The van der Waals surface area contributed by atoms with Crippen molar-refractivity contribution in [3.8, 4) is 0 Å². The maximum atomic E-state index is 13.2. The number of piperidine rings is 1. The average molecular weight is 368 g/mol. The summed E-state index contributed by atoms with van der Waals surface area (Å²) in [6.45, 7) is 13.4. The van der Waals surface area contributed by atoms with Gasteiger partial charge in [0.15, 0.2) is 0 Å². The van der Waals surface area contributed by atoms with E-state index in [0.29, 0.717) is 24.4 Å². The Morgan fingerprint density at radius 3 is 2.16 bits per heavy atom. The molecule has 0 aromatic heterocycles. The number of benzene rings is 1. The van der Waals surface area contributed by atoms with Gasteiger partial charge in [0, 0.05) is 13.1 Å². The predicted octanol–water partition coefficient (Wildman–Crippen LogP) is 4.14. The summed E-state index contributed by atoms with van der Waals surface area (Å²) in [5.74, 6) is 0. The van der Waals surface area contributed by atoms with Gasteiger partial charge in [-0.05, 0) is 54.7 Å². The second-order valence-corrected chi connectivity index (χ2v) is 10.9. The van der Waals surface area contributed by atoms with Crippen molar-refractivity contribution in [1.29, 1.82) is 0 Å². The molecular weight excluding hydrogens is 334 g/mol. The Hall–Kier alpha value is -0.910. The van der Waals surface area contributed by atoms with Gasteiger partial charge < -0.3 is 5.11 Å². The van der Waals surface area contributed by atoms with Crippen LogP contribution in [0.5, 0.6) is 0 Å². The number of nitrogens with zero attached hydrogens (tertiary/aromatic N) is 1.